The molecule has 0 aliphatic heterocycles. The molecule has 37 heavy (non-hydrogen) atoms. The molecule has 0 amide bonds. The quantitative estimate of drug-likeness (QED) is 0.377. The lowest BCUT2D eigenvalue weighted by molar-refractivity contribution is -0.137. The molecule has 208 valence electrons. The smallest absolute Gasteiger partial charge is 0.127 e. The highest BCUT2D eigenvalue weighted by molar-refractivity contribution is 5.53. The van der Waals surface area contributed by atoms with Gasteiger partial charge in [-0.05, 0) is 55.0 Å². The minimum absolute atomic E-state index is 0.281. The average Bonchev–Trinajstić information content (AvgIpc) is 2.76. The second-order valence-electron chi connectivity index (χ2n) is 14.8. The van der Waals surface area contributed by atoms with Crippen LogP contribution >= 0.6 is 0 Å². The van der Waals surface area contributed by atoms with Crippen molar-refractivity contribution in [3.63, 3.8) is 0 Å². The molecule has 0 unspecified atom stereocenters. The van der Waals surface area contributed by atoms with Gasteiger partial charge in [0.05, 0.1) is 28.0 Å². The van der Waals surface area contributed by atoms with Gasteiger partial charge in [0, 0.05) is 0 Å². The summed E-state index contributed by atoms with van der Waals surface area (Å²) in [4.78, 5) is 0. The van der Waals surface area contributed by atoms with E-state index < -0.39 is 41.7 Å². The molecular formula is C33H52O4. The van der Waals surface area contributed by atoms with Crippen LogP contribution in [0.5, 0.6) is 0 Å². The summed E-state index contributed by atoms with van der Waals surface area (Å²) >= 11 is 0. The van der Waals surface area contributed by atoms with Crippen molar-refractivity contribution in [1.82, 2.24) is 0 Å². The normalized spacial score (nSPS) is 15.0. The summed E-state index contributed by atoms with van der Waals surface area (Å²) in [5.74, 6) is 0. The van der Waals surface area contributed by atoms with Gasteiger partial charge in [0.1, 0.15) is 5.60 Å². The monoisotopic (exact) mass is 514 g/mol. The van der Waals surface area contributed by atoms with Gasteiger partial charge in [-0.15, -0.1) is 0 Å². The highest BCUT2D eigenvalue weighted by atomic mass is 16.3. The summed E-state index contributed by atoms with van der Waals surface area (Å²) in [5, 5.41) is 45.4. The van der Waals surface area contributed by atoms with Crippen molar-refractivity contribution in [2.75, 3.05) is 19.8 Å². The van der Waals surface area contributed by atoms with Gasteiger partial charge < -0.3 is 20.4 Å². The first-order chi connectivity index (χ1) is 17.5. The van der Waals surface area contributed by atoms with Crippen molar-refractivity contribution in [3.8, 4) is 0 Å². The maximum absolute atomic E-state index is 13.1. The average molecular weight is 515 g/mol. The predicted molar refractivity (Wildman–Crippen MR) is 154 cm³/mol. The molecule has 2 rings (SSSR count). The van der Waals surface area contributed by atoms with Crippen molar-refractivity contribution < 1.29 is 23.2 Å². The molecule has 0 aliphatic rings. The van der Waals surface area contributed by atoms with Gasteiger partial charge >= 0.3 is 0 Å². The molecule has 4 nitrogen and oxygen atoms in total. The van der Waals surface area contributed by atoms with Crippen molar-refractivity contribution in [3.05, 3.63) is 69.7 Å². The molecule has 4 heteroatoms. The van der Waals surface area contributed by atoms with Crippen LogP contribution < -0.4 is 0 Å². The van der Waals surface area contributed by atoms with Crippen LogP contribution in [0.1, 0.15) is 119 Å². The Labute approximate surface area is 228 Å². The molecule has 0 heterocycles. The third-order valence-corrected chi connectivity index (χ3v) is 7.46. The lowest BCUT2D eigenvalue weighted by Gasteiger charge is -2.49. The SMILES string of the molecule is [2H]c1c(C(C)(C)C)ccc(C(O)(c2ccc(C(C)(C)C)c([2H])c2C(C)(C)C)C(CO)(CO)CO)c1C(C)(C)C. The summed E-state index contributed by atoms with van der Waals surface area (Å²) in [7, 11) is 0. The molecule has 2 aromatic rings. The van der Waals surface area contributed by atoms with Crippen molar-refractivity contribution >= 4 is 0 Å². The lowest BCUT2D eigenvalue weighted by Crippen LogP contribution is -2.55. The molecule has 0 saturated heterocycles. The van der Waals surface area contributed by atoms with Crippen LogP contribution in [0.2, 0.25) is 0 Å². The van der Waals surface area contributed by atoms with Crippen LogP contribution in [0.15, 0.2) is 36.4 Å². The molecule has 0 aromatic heterocycles. The summed E-state index contributed by atoms with van der Waals surface area (Å²) in [6.07, 6.45) is 0. The van der Waals surface area contributed by atoms with E-state index in [0.29, 0.717) is 22.3 Å². The summed E-state index contributed by atoms with van der Waals surface area (Å²) < 4.78 is 18.6. The molecule has 0 fully saturated rings. The van der Waals surface area contributed by atoms with E-state index in [9.17, 15) is 23.2 Å². The largest absolute Gasteiger partial charge is 0.395 e. The number of hydrogen-bond acceptors (Lipinski definition) is 4. The molecule has 0 bridgehead atoms. The van der Waals surface area contributed by atoms with Gasteiger partial charge in [0.15, 0.2) is 0 Å². The molecule has 0 aliphatic carbocycles. The third kappa shape index (κ3) is 5.83. The van der Waals surface area contributed by atoms with E-state index in [2.05, 4.69) is 0 Å². The van der Waals surface area contributed by atoms with Gasteiger partial charge in [-0.2, -0.15) is 0 Å². The summed E-state index contributed by atoms with van der Waals surface area (Å²) in [6, 6.07) is 7.78. The Morgan fingerprint density at radius 1 is 0.514 bits per heavy atom. The molecule has 4 N–H and O–H groups in total. The minimum atomic E-state index is -2.13. The van der Waals surface area contributed by atoms with Crippen molar-refractivity contribution in [1.29, 1.82) is 0 Å². The van der Waals surface area contributed by atoms with Crippen LogP contribution in [0.4, 0.5) is 0 Å². The first-order valence-corrected chi connectivity index (χ1v) is 13.3. The van der Waals surface area contributed by atoms with E-state index in [1.807, 2.05) is 95.2 Å². The fourth-order valence-electron chi connectivity index (χ4n) is 4.86. The first-order valence-electron chi connectivity index (χ1n) is 14.3. The highest BCUT2D eigenvalue weighted by Gasteiger charge is 2.55. The summed E-state index contributed by atoms with van der Waals surface area (Å²) in [6.45, 7) is 21.9. The van der Waals surface area contributed by atoms with Gasteiger partial charge in [-0.1, -0.05) is 119 Å². The van der Waals surface area contributed by atoms with E-state index in [4.69, 9.17) is 0 Å². The van der Waals surface area contributed by atoms with Crippen LogP contribution in [0.25, 0.3) is 0 Å². The van der Waals surface area contributed by atoms with Gasteiger partial charge in [-0.25, -0.2) is 0 Å². The zero-order chi connectivity index (χ0) is 30.6. The van der Waals surface area contributed by atoms with Gasteiger partial charge in [0.2, 0.25) is 0 Å². The Bertz CT molecular complexity index is 1090. The maximum atomic E-state index is 13.1. The standard InChI is InChI=1S/C33H52O4/c1-28(2,3)22-13-15-24(26(17-22)30(7,8)9)33(37,32(19-34,20-35)21-36)25-16-14-23(29(4,5)6)18-27(25)31(10,11)12/h13-18,34-37H,19-21H2,1-12H3/i17D,18D. The summed E-state index contributed by atoms with van der Waals surface area (Å²) in [5.41, 5.74) is -2.38. The van der Waals surface area contributed by atoms with E-state index >= 15 is 0 Å². The third-order valence-electron chi connectivity index (χ3n) is 7.46. The zero-order valence-corrected chi connectivity index (χ0v) is 25.2. The molecule has 2 aromatic carbocycles. The van der Waals surface area contributed by atoms with Crippen molar-refractivity contribution in [2.24, 2.45) is 5.41 Å². The fourth-order valence-corrected chi connectivity index (χ4v) is 4.86. The van der Waals surface area contributed by atoms with Crippen LogP contribution in [-0.2, 0) is 27.3 Å². The Hall–Kier alpha value is -1.72. The topological polar surface area (TPSA) is 80.9 Å². The van der Waals surface area contributed by atoms with E-state index in [1.54, 1.807) is 12.1 Å². The number of benzene rings is 2. The highest BCUT2D eigenvalue weighted by Crippen LogP contribution is 2.51. The minimum Gasteiger partial charge on any atom is -0.395 e. The van der Waals surface area contributed by atoms with Crippen LogP contribution in [0.3, 0.4) is 0 Å². The molecular weight excluding hydrogens is 460 g/mol. The Morgan fingerprint density at radius 3 is 1.03 bits per heavy atom. The number of aliphatic hydroxyl groups excluding tert-OH is 3. The van der Waals surface area contributed by atoms with Gasteiger partial charge in [0.25, 0.3) is 0 Å². The predicted octanol–water partition coefficient (Wildman–Crippen LogP) is 6.08. The van der Waals surface area contributed by atoms with Gasteiger partial charge in [-0.3, -0.25) is 0 Å². The lowest BCUT2D eigenvalue weighted by atomic mass is 9.60. The van der Waals surface area contributed by atoms with E-state index in [1.165, 1.54) is 0 Å². The molecule has 0 atom stereocenters. The van der Waals surface area contributed by atoms with E-state index in [0.717, 1.165) is 11.1 Å². The maximum Gasteiger partial charge on any atom is 0.127 e. The second-order valence-corrected chi connectivity index (χ2v) is 14.8. The Kier molecular flexibility index (Phi) is 7.73. The van der Waals surface area contributed by atoms with Crippen molar-refractivity contribution in [2.45, 2.75) is 110 Å². The zero-order valence-electron chi connectivity index (χ0n) is 27.2. The molecule has 0 radical (unpaired) electrons. The fraction of sp³-hybridized carbons (Fsp3) is 0.636. The van der Waals surface area contributed by atoms with Crippen LogP contribution in [0, 0.1) is 5.41 Å². The second kappa shape index (κ2) is 10.1. The molecule has 0 saturated carbocycles. The van der Waals surface area contributed by atoms with Crippen LogP contribution in [-0.4, -0.2) is 40.2 Å². The Morgan fingerprint density at radius 2 is 0.811 bits per heavy atom. The Balaban J connectivity index is 3.35. The first kappa shape index (κ1) is 28.3. The number of aliphatic hydroxyl groups is 4. The number of rotatable bonds is 6. The molecule has 0 spiro atoms. The number of hydrogen-bond donors (Lipinski definition) is 4. The van der Waals surface area contributed by atoms with E-state index in [-0.39, 0.29) is 22.9 Å².